The van der Waals surface area contributed by atoms with Crippen LogP contribution in [0.25, 0.3) is 5.69 Å². The third-order valence-electron chi connectivity index (χ3n) is 3.37. The predicted octanol–water partition coefficient (Wildman–Crippen LogP) is 2.39. The lowest BCUT2D eigenvalue weighted by molar-refractivity contribution is -0.748. The Morgan fingerprint density at radius 1 is 1.22 bits per heavy atom. The van der Waals surface area contributed by atoms with E-state index in [0.717, 1.165) is 17.9 Å². The van der Waals surface area contributed by atoms with Crippen molar-refractivity contribution in [2.24, 2.45) is 13.0 Å². The van der Waals surface area contributed by atoms with Gasteiger partial charge in [0.1, 0.15) is 5.69 Å². The van der Waals surface area contributed by atoms with Crippen molar-refractivity contribution in [3.05, 3.63) is 41.6 Å². The van der Waals surface area contributed by atoms with Gasteiger partial charge in [-0.3, -0.25) is 0 Å². The molecule has 0 bridgehead atoms. The van der Waals surface area contributed by atoms with Crippen molar-refractivity contribution in [2.75, 3.05) is 5.73 Å². The van der Waals surface area contributed by atoms with Crippen LogP contribution in [0.2, 0.25) is 0 Å². The molecule has 1 heterocycles. The molecule has 96 valence electrons. The van der Waals surface area contributed by atoms with Gasteiger partial charge in [0.25, 0.3) is 0 Å². The maximum absolute atomic E-state index is 6.33. The zero-order valence-corrected chi connectivity index (χ0v) is 11.6. The molecule has 0 atom stereocenters. The molecule has 0 aliphatic rings. The number of anilines is 1. The van der Waals surface area contributed by atoms with E-state index in [4.69, 9.17) is 5.73 Å². The van der Waals surface area contributed by atoms with Crippen LogP contribution in [0.1, 0.15) is 25.1 Å². The number of rotatable bonds is 3. The fourth-order valence-electron chi connectivity index (χ4n) is 2.36. The maximum Gasteiger partial charge on any atom is 0.210 e. The summed E-state index contributed by atoms with van der Waals surface area (Å²) < 4.78 is 4.20. The highest BCUT2D eigenvalue weighted by Crippen LogP contribution is 2.21. The fraction of sp³-hybridized carbons (Fsp3) is 0.400. The molecule has 2 N–H and O–H groups in total. The van der Waals surface area contributed by atoms with Crippen molar-refractivity contribution in [1.29, 1.82) is 0 Å². The van der Waals surface area contributed by atoms with Crippen molar-refractivity contribution in [3.8, 4) is 5.69 Å². The normalized spacial score (nSPS) is 11.2. The molecule has 2 rings (SSSR count). The van der Waals surface area contributed by atoms with Crippen molar-refractivity contribution in [1.82, 2.24) is 4.68 Å². The quantitative estimate of drug-likeness (QED) is 0.827. The van der Waals surface area contributed by atoms with E-state index < -0.39 is 0 Å². The second-order valence-corrected chi connectivity index (χ2v) is 5.22. The van der Waals surface area contributed by atoms with Gasteiger partial charge in [-0.2, -0.15) is 0 Å². The fourth-order valence-corrected chi connectivity index (χ4v) is 2.36. The number of nitrogen functional groups attached to an aromatic ring is 1. The van der Waals surface area contributed by atoms with Crippen molar-refractivity contribution < 1.29 is 4.68 Å². The Hall–Kier alpha value is -1.77. The van der Waals surface area contributed by atoms with E-state index in [0.29, 0.717) is 5.92 Å². The van der Waals surface area contributed by atoms with Gasteiger partial charge in [0.15, 0.2) is 12.9 Å². The standard InChI is InChI=1S/C15H21N3/c1-11(2)10-14-12(3)17(4)18(15(14)16)13-8-6-5-7-9-13/h5-9,11,16H,10H2,1-4H3/p+1. The molecule has 0 spiro atoms. The molecule has 18 heavy (non-hydrogen) atoms. The Balaban J connectivity index is 2.56. The molecule has 0 radical (unpaired) electrons. The molecule has 0 saturated carbocycles. The molecule has 0 fully saturated rings. The van der Waals surface area contributed by atoms with Gasteiger partial charge in [-0.05, 0) is 24.5 Å². The molecule has 3 heteroatoms. The van der Waals surface area contributed by atoms with Crippen LogP contribution >= 0.6 is 0 Å². The first kappa shape index (κ1) is 12.7. The van der Waals surface area contributed by atoms with Gasteiger partial charge in [-0.1, -0.05) is 32.0 Å². The van der Waals surface area contributed by atoms with E-state index in [1.54, 1.807) is 0 Å². The van der Waals surface area contributed by atoms with Gasteiger partial charge in [-0.25, -0.2) is 0 Å². The zero-order chi connectivity index (χ0) is 13.3. The first-order valence-electron chi connectivity index (χ1n) is 6.43. The average Bonchev–Trinajstić information content (AvgIpc) is 2.54. The highest BCUT2D eigenvalue weighted by atomic mass is 15.4. The van der Waals surface area contributed by atoms with E-state index in [1.165, 1.54) is 11.3 Å². The van der Waals surface area contributed by atoms with E-state index in [1.807, 2.05) is 18.2 Å². The summed E-state index contributed by atoms with van der Waals surface area (Å²) in [4.78, 5) is 0. The Morgan fingerprint density at radius 3 is 2.39 bits per heavy atom. The smallest absolute Gasteiger partial charge is 0.210 e. The number of hydrogen-bond donors (Lipinski definition) is 1. The summed E-state index contributed by atoms with van der Waals surface area (Å²) in [5.74, 6) is 1.47. The summed E-state index contributed by atoms with van der Waals surface area (Å²) in [6.45, 7) is 6.57. The molecule has 1 aromatic carbocycles. The minimum atomic E-state index is 0.609. The summed E-state index contributed by atoms with van der Waals surface area (Å²) >= 11 is 0. The van der Waals surface area contributed by atoms with E-state index in [9.17, 15) is 0 Å². The summed E-state index contributed by atoms with van der Waals surface area (Å²) in [7, 11) is 2.06. The van der Waals surface area contributed by atoms with Crippen LogP contribution in [0.4, 0.5) is 5.82 Å². The number of para-hydroxylation sites is 1. The highest BCUT2D eigenvalue weighted by molar-refractivity contribution is 5.47. The Morgan fingerprint density at radius 2 is 1.83 bits per heavy atom. The van der Waals surface area contributed by atoms with Gasteiger partial charge in [-0.15, -0.1) is 9.36 Å². The van der Waals surface area contributed by atoms with Crippen molar-refractivity contribution in [2.45, 2.75) is 27.2 Å². The molecule has 3 nitrogen and oxygen atoms in total. The second-order valence-electron chi connectivity index (χ2n) is 5.22. The lowest BCUT2D eigenvalue weighted by Gasteiger charge is -2.03. The lowest BCUT2D eigenvalue weighted by Crippen LogP contribution is -2.40. The molecule has 2 aromatic rings. The SMILES string of the molecule is Cc1c(CC(C)C)c(N)n(-c2ccccc2)[n+]1C. The van der Waals surface area contributed by atoms with Crippen LogP contribution in [0.15, 0.2) is 30.3 Å². The maximum atomic E-state index is 6.33. The van der Waals surface area contributed by atoms with Gasteiger partial charge in [0, 0.05) is 6.92 Å². The monoisotopic (exact) mass is 244 g/mol. The highest BCUT2D eigenvalue weighted by Gasteiger charge is 2.24. The third-order valence-corrected chi connectivity index (χ3v) is 3.37. The zero-order valence-electron chi connectivity index (χ0n) is 11.6. The van der Waals surface area contributed by atoms with Crippen LogP contribution in [0.5, 0.6) is 0 Å². The first-order chi connectivity index (χ1) is 8.52. The molecule has 0 aliphatic carbocycles. The molecular weight excluding hydrogens is 222 g/mol. The second kappa shape index (κ2) is 4.84. The Labute approximate surface area is 109 Å². The molecule has 0 amide bonds. The largest absolute Gasteiger partial charge is 0.380 e. The number of nitrogens with two attached hydrogens (primary N) is 1. The molecule has 0 saturated heterocycles. The topological polar surface area (TPSA) is 34.8 Å². The van der Waals surface area contributed by atoms with E-state index in [-0.39, 0.29) is 0 Å². The average molecular weight is 244 g/mol. The van der Waals surface area contributed by atoms with E-state index in [2.05, 4.69) is 49.3 Å². The minimum absolute atomic E-state index is 0.609. The molecule has 0 unspecified atom stereocenters. The Bertz CT molecular complexity index is 539. The molecule has 1 aromatic heterocycles. The summed E-state index contributed by atoms with van der Waals surface area (Å²) in [5, 5.41) is 0. The number of benzene rings is 1. The van der Waals surface area contributed by atoms with E-state index >= 15 is 0 Å². The van der Waals surface area contributed by atoms with Gasteiger partial charge in [0.2, 0.25) is 5.69 Å². The third kappa shape index (κ3) is 2.13. The summed E-state index contributed by atoms with van der Waals surface area (Å²) in [6.07, 6.45) is 1.02. The Kier molecular flexibility index (Phi) is 3.41. The summed E-state index contributed by atoms with van der Waals surface area (Å²) in [5.41, 5.74) is 9.94. The van der Waals surface area contributed by atoms with Crippen LogP contribution in [-0.4, -0.2) is 4.68 Å². The lowest BCUT2D eigenvalue weighted by atomic mass is 10.0. The van der Waals surface area contributed by atoms with Crippen LogP contribution in [-0.2, 0) is 13.5 Å². The first-order valence-corrected chi connectivity index (χ1v) is 6.43. The molecule has 0 aliphatic heterocycles. The predicted molar refractivity (Wildman–Crippen MR) is 74.6 cm³/mol. The van der Waals surface area contributed by atoms with Gasteiger partial charge >= 0.3 is 0 Å². The van der Waals surface area contributed by atoms with Crippen LogP contribution < -0.4 is 10.4 Å². The van der Waals surface area contributed by atoms with Crippen molar-refractivity contribution >= 4 is 5.82 Å². The van der Waals surface area contributed by atoms with Crippen LogP contribution in [0.3, 0.4) is 0 Å². The number of nitrogens with zero attached hydrogens (tertiary/aromatic N) is 2. The number of aromatic nitrogens is 2. The van der Waals surface area contributed by atoms with Gasteiger partial charge < -0.3 is 5.73 Å². The number of hydrogen-bond acceptors (Lipinski definition) is 1. The molecular formula is C15H22N3+. The van der Waals surface area contributed by atoms with Crippen molar-refractivity contribution in [3.63, 3.8) is 0 Å². The van der Waals surface area contributed by atoms with Gasteiger partial charge in [0.05, 0.1) is 5.56 Å². The van der Waals surface area contributed by atoms with Crippen LogP contribution in [0, 0.1) is 12.8 Å². The summed E-state index contributed by atoms with van der Waals surface area (Å²) in [6, 6.07) is 10.2. The minimum Gasteiger partial charge on any atom is -0.380 e.